The fraction of sp³-hybridized carbons (Fsp3) is 0.0500. The van der Waals surface area contributed by atoms with E-state index < -0.39 is 0 Å². The molecule has 10 aromatic rings. The summed E-state index contributed by atoms with van der Waals surface area (Å²) in [6.07, 6.45) is 0. The fourth-order valence-electron chi connectivity index (χ4n) is 6.70. The van der Waals surface area contributed by atoms with Crippen LogP contribution in [0, 0.1) is 13.8 Å². The topological polar surface area (TPSA) is 0 Å². The van der Waals surface area contributed by atoms with Crippen molar-refractivity contribution in [2.45, 2.75) is 13.8 Å². The van der Waals surface area contributed by atoms with Crippen LogP contribution >= 0.6 is 68.0 Å². The van der Waals surface area contributed by atoms with Crippen molar-refractivity contribution in [2.75, 3.05) is 0 Å². The van der Waals surface area contributed by atoms with E-state index in [1.165, 1.54) is 101 Å². The molecule has 6 heterocycles. The molecule has 220 valence electrons. The number of hydrogen-bond acceptors (Lipinski definition) is 6. The quantitative estimate of drug-likeness (QED) is 0.161. The molecular formula is C40H24S6. The van der Waals surface area contributed by atoms with Gasteiger partial charge in [0.15, 0.2) is 0 Å². The normalized spacial score (nSPS) is 12.1. The van der Waals surface area contributed by atoms with E-state index >= 15 is 0 Å². The molecule has 46 heavy (non-hydrogen) atoms. The number of fused-ring (bicyclic) bond motifs is 9. The van der Waals surface area contributed by atoms with Crippen molar-refractivity contribution in [3.63, 3.8) is 0 Å². The number of aryl methyl sites for hydroxylation is 2. The Bertz CT molecular complexity index is 2790. The molecule has 0 aliphatic carbocycles. The summed E-state index contributed by atoms with van der Waals surface area (Å²) in [6, 6.07) is 41.6. The molecule has 6 aromatic heterocycles. The maximum atomic E-state index is 2.42. The van der Waals surface area contributed by atoms with Gasteiger partial charge in [-0.3, -0.25) is 0 Å². The average molecular weight is 697 g/mol. The minimum Gasteiger partial charge on any atom is -0.141 e. The molecule has 0 saturated heterocycles. The van der Waals surface area contributed by atoms with E-state index in [1.54, 1.807) is 0 Å². The van der Waals surface area contributed by atoms with Gasteiger partial charge in [0.25, 0.3) is 0 Å². The lowest BCUT2D eigenvalue weighted by atomic mass is 9.95. The fourth-order valence-corrected chi connectivity index (χ4v) is 13.0. The van der Waals surface area contributed by atoms with Crippen LogP contribution in [-0.4, -0.2) is 0 Å². The van der Waals surface area contributed by atoms with Crippen LogP contribution in [0.15, 0.2) is 109 Å². The smallest absolute Gasteiger partial charge is 0.0455 e. The number of rotatable bonds is 4. The summed E-state index contributed by atoms with van der Waals surface area (Å²) in [5, 5.41) is 10.8. The van der Waals surface area contributed by atoms with E-state index in [-0.39, 0.29) is 0 Å². The second kappa shape index (κ2) is 10.4. The third-order valence-electron chi connectivity index (χ3n) is 8.84. The maximum Gasteiger partial charge on any atom is 0.0455 e. The van der Waals surface area contributed by atoms with Gasteiger partial charge in [0.2, 0.25) is 0 Å². The van der Waals surface area contributed by atoms with Gasteiger partial charge in [0, 0.05) is 68.9 Å². The van der Waals surface area contributed by atoms with E-state index in [9.17, 15) is 0 Å². The Hall–Kier alpha value is -3.62. The minimum atomic E-state index is 1.33. The van der Waals surface area contributed by atoms with E-state index in [4.69, 9.17) is 0 Å². The summed E-state index contributed by atoms with van der Waals surface area (Å²) >= 11 is 11.4. The number of thiophene rings is 6. The first kappa shape index (κ1) is 27.5. The van der Waals surface area contributed by atoms with Crippen molar-refractivity contribution in [3.05, 3.63) is 119 Å². The van der Waals surface area contributed by atoms with Gasteiger partial charge in [0.05, 0.1) is 0 Å². The van der Waals surface area contributed by atoms with Crippen molar-refractivity contribution in [1.29, 1.82) is 0 Å². The molecule has 0 bridgehead atoms. The van der Waals surface area contributed by atoms with Gasteiger partial charge in [-0.05, 0) is 119 Å². The lowest BCUT2D eigenvalue weighted by Crippen LogP contribution is -1.81. The predicted molar refractivity (Wildman–Crippen MR) is 212 cm³/mol. The van der Waals surface area contributed by atoms with Crippen molar-refractivity contribution >= 4 is 121 Å². The monoisotopic (exact) mass is 696 g/mol. The van der Waals surface area contributed by atoms with E-state index in [0.717, 1.165) is 0 Å². The second-order valence-corrected chi connectivity index (χ2v) is 18.7. The molecule has 0 radical (unpaired) electrons. The lowest BCUT2D eigenvalue weighted by molar-refractivity contribution is 1.64. The van der Waals surface area contributed by atoms with Crippen LogP contribution in [0.4, 0.5) is 0 Å². The van der Waals surface area contributed by atoms with Crippen molar-refractivity contribution in [2.24, 2.45) is 0 Å². The van der Waals surface area contributed by atoms with E-state index in [1.807, 2.05) is 68.0 Å². The summed E-state index contributed by atoms with van der Waals surface area (Å²) in [7, 11) is 0. The van der Waals surface area contributed by atoms with Gasteiger partial charge in [-0.2, -0.15) is 0 Å². The van der Waals surface area contributed by atoms with Gasteiger partial charge in [-0.15, -0.1) is 68.0 Å². The molecule has 6 heteroatoms. The first-order valence-electron chi connectivity index (χ1n) is 15.1. The zero-order valence-electron chi connectivity index (χ0n) is 24.8. The minimum absolute atomic E-state index is 1.33. The maximum absolute atomic E-state index is 2.42. The third kappa shape index (κ3) is 4.32. The molecule has 4 aromatic carbocycles. The average Bonchev–Trinajstić information content (AvgIpc) is 3.89. The molecule has 10 rings (SSSR count). The molecule has 0 atom stereocenters. The van der Waals surface area contributed by atoms with Gasteiger partial charge in [-0.1, -0.05) is 36.4 Å². The van der Waals surface area contributed by atoms with Gasteiger partial charge >= 0.3 is 0 Å². The van der Waals surface area contributed by atoms with E-state index in [2.05, 4.69) is 123 Å². The zero-order valence-corrected chi connectivity index (χ0v) is 29.7. The lowest BCUT2D eigenvalue weighted by Gasteiger charge is -2.09. The Morgan fingerprint density at radius 3 is 1.11 bits per heavy atom. The highest BCUT2D eigenvalue weighted by Crippen LogP contribution is 2.47. The molecule has 0 nitrogen and oxygen atoms in total. The van der Waals surface area contributed by atoms with Crippen LogP contribution < -0.4 is 0 Å². The predicted octanol–water partition coefficient (Wildman–Crippen LogP) is 15.1. The van der Waals surface area contributed by atoms with Crippen molar-refractivity contribution in [3.8, 4) is 39.0 Å². The molecule has 0 aliphatic rings. The first-order valence-corrected chi connectivity index (χ1v) is 20.0. The van der Waals surface area contributed by atoms with Crippen LogP contribution in [0.2, 0.25) is 0 Å². The van der Waals surface area contributed by atoms with Crippen LogP contribution in [0.3, 0.4) is 0 Å². The molecule has 0 spiro atoms. The van der Waals surface area contributed by atoms with Crippen LogP contribution in [0.25, 0.3) is 91.5 Å². The number of benzene rings is 4. The Labute approximate surface area is 290 Å². The zero-order chi connectivity index (χ0) is 30.5. The highest BCUT2D eigenvalue weighted by molar-refractivity contribution is 7.30. The SMILES string of the molecule is Cc1ccc(-c2ccc(-c3ccc(-c4ccc(-c5cc6c(ccc7c6ccc6c8ccc9sc(C)cc9c8ccc76)s5)s4)s3)s2)s1. The van der Waals surface area contributed by atoms with Gasteiger partial charge in [0.1, 0.15) is 0 Å². The molecule has 0 aliphatic heterocycles. The molecule has 0 N–H and O–H groups in total. The summed E-state index contributed by atoms with van der Waals surface area (Å²) in [5.74, 6) is 0. The molecule has 0 amide bonds. The van der Waals surface area contributed by atoms with Gasteiger partial charge in [-0.25, -0.2) is 0 Å². The standard InChI is InChI=1S/C40H24S6/c1-21-3-10-33(41-21)34-13-14-35(44-34)36-15-16-37(45-36)38-17-18-39(46-38)40-20-30-28-7-5-23-24(26(28)9-12-32(30)43-40)4-6-27-25(23)8-11-31-29(27)19-22(2)42-31/h3-20H,1-2H3. The van der Waals surface area contributed by atoms with Crippen LogP contribution in [0.5, 0.6) is 0 Å². The molecular weight excluding hydrogens is 673 g/mol. The molecule has 0 fully saturated rings. The highest BCUT2D eigenvalue weighted by Gasteiger charge is 2.15. The number of hydrogen-bond donors (Lipinski definition) is 0. The first-order chi connectivity index (χ1) is 22.6. The van der Waals surface area contributed by atoms with Crippen LogP contribution in [0.1, 0.15) is 9.75 Å². The van der Waals surface area contributed by atoms with Crippen LogP contribution in [-0.2, 0) is 0 Å². The second-order valence-electron chi connectivity index (χ2n) is 11.7. The summed E-state index contributed by atoms with van der Waals surface area (Å²) in [5.41, 5.74) is 0. The van der Waals surface area contributed by atoms with Crippen molar-refractivity contribution < 1.29 is 0 Å². The Kier molecular flexibility index (Phi) is 6.24. The van der Waals surface area contributed by atoms with Crippen molar-refractivity contribution in [1.82, 2.24) is 0 Å². The highest BCUT2D eigenvalue weighted by atomic mass is 32.1. The Morgan fingerprint density at radius 1 is 0.261 bits per heavy atom. The third-order valence-corrected chi connectivity index (χ3v) is 16.0. The summed E-state index contributed by atoms with van der Waals surface area (Å²) in [4.78, 5) is 13.5. The molecule has 0 saturated carbocycles. The summed E-state index contributed by atoms with van der Waals surface area (Å²) in [6.45, 7) is 4.38. The van der Waals surface area contributed by atoms with Gasteiger partial charge < -0.3 is 0 Å². The van der Waals surface area contributed by atoms with E-state index in [0.29, 0.717) is 0 Å². The molecule has 0 unspecified atom stereocenters. The Morgan fingerprint density at radius 2 is 0.630 bits per heavy atom. The Balaban J connectivity index is 1.00. The largest absolute Gasteiger partial charge is 0.141 e. The summed E-state index contributed by atoms with van der Waals surface area (Å²) < 4.78 is 2.72.